The molecule has 1 fully saturated rings. The quantitative estimate of drug-likeness (QED) is 0.666. The van der Waals surface area contributed by atoms with Crippen LogP contribution in [0, 0.1) is 11.8 Å². The normalized spacial score (nSPS) is 18.8. The molecule has 0 bridgehead atoms. The highest BCUT2D eigenvalue weighted by atomic mass is 16.6. The van der Waals surface area contributed by atoms with Crippen LogP contribution in [0.2, 0.25) is 0 Å². The average Bonchev–Trinajstić information content (AvgIpc) is 2.43. The minimum absolute atomic E-state index is 0.175. The number of carbonyl (C=O) groups excluding carboxylic acids is 1. The van der Waals surface area contributed by atoms with E-state index in [0.717, 1.165) is 0 Å². The average molecular weight is 344 g/mol. The summed E-state index contributed by atoms with van der Waals surface area (Å²) in [6.45, 7) is 6.49. The van der Waals surface area contributed by atoms with Crippen LogP contribution in [0.15, 0.2) is 0 Å². The molecule has 138 valence electrons. The van der Waals surface area contributed by atoms with Crippen molar-refractivity contribution in [2.45, 2.75) is 58.1 Å². The molecule has 0 aromatic heterocycles. The Hall–Kier alpha value is -1.83. The second-order valence-electron chi connectivity index (χ2n) is 7.35. The van der Waals surface area contributed by atoms with Gasteiger partial charge in [0, 0.05) is 19.1 Å². The number of hydrogen-bond donors (Lipinski definition) is 3. The van der Waals surface area contributed by atoms with Gasteiger partial charge >= 0.3 is 18.0 Å². The van der Waals surface area contributed by atoms with E-state index in [1.54, 1.807) is 4.90 Å². The predicted octanol–water partition coefficient (Wildman–Crippen LogP) is 1.53. The summed E-state index contributed by atoms with van der Waals surface area (Å²) in [6, 6.07) is -0.711. The second-order valence-corrected chi connectivity index (χ2v) is 7.35. The number of piperidine rings is 1. The van der Waals surface area contributed by atoms with Gasteiger partial charge in [-0.15, -0.1) is 0 Å². The summed E-state index contributed by atoms with van der Waals surface area (Å²) >= 11 is 0. The predicted molar refractivity (Wildman–Crippen MR) is 86.5 cm³/mol. The zero-order chi connectivity index (χ0) is 18.5. The van der Waals surface area contributed by atoms with Crippen molar-refractivity contribution in [1.82, 2.24) is 4.90 Å². The maximum Gasteiger partial charge on any atom is 0.410 e. The van der Waals surface area contributed by atoms with Crippen LogP contribution in [0.4, 0.5) is 4.79 Å². The highest BCUT2D eigenvalue weighted by Gasteiger charge is 2.32. The van der Waals surface area contributed by atoms with Gasteiger partial charge in [0.05, 0.1) is 12.3 Å². The van der Waals surface area contributed by atoms with Gasteiger partial charge in [0.15, 0.2) is 0 Å². The molecule has 2 atom stereocenters. The lowest BCUT2D eigenvalue weighted by Gasteiger charge is -2.34. The number of nitrogens with zero attached hydrogens (tertiary/aromatic N) is 1. The minimum Gasteiger partial charge on any atom is -0.481 e. The minimum atomic E-state index is -1.18. The van der Waals surface area contributed by atoms with Gasteiger partial charge in [-0.05, 0) is 46.0 Å². The number of ether oxygens (including phenoxy) is 1. The van der Waals surface area contributed by atoms with Gasteiger partial charge in [0.25, 0.3) is 0 Å². The molecule has 8 nitrogen and oxygen atoms in total. The number of carboxylic acids is 2. The van der Waals surface area contributed by atoms with Crippen molar-refractivity contribution in [3.8, 4) is 0 Å². The van der Waals surface area contributed by atoms with Crippen LogP contribution in [-0.2, 0) is 14.3 Å². The highest BCUT2D eigenvalue weighted by molar-refractivity contribution is 5.78. The number of carbonyl (C=O) groups is 3. The first-order valence-corrected chi connectivity index (χ1v) is 8.17. The summed E-state index contributed by atoms with van der Waals surface area (Å²) in [4.78, 5) is 35.6. The molecule has 1 aliphatic rings. The van der Waals surface area contributed by atoms with E-state index in [-0.39, 0.29) is 12.0 Å². The lowest BCUT2D eigenvalue weighted by Crippen LogP contribution is -2.44. The number of hydrogen-bond acceptors (Lipinski definition) is 5. The molecular formula is C16H28N2O6. The van der Waals surface area contributed by atoms with Gasteiger partial charge in [0.1, 0.15) is 5.60 Å². The van der Waals surface area contributed by atoms with Crippen molar-refractivity contribution in [2.24, 2.45) is 17.6 Å². The lowest BCUT2D eigenvalue weighted by atomic mass is 9.84. The lowest BCUT2D eigenvalue weighted by molar-refractivity contribution is -0.149. The SMILES string of the molecule is CC(C)(C)OC(=O)N1CCC(CC(N)C(CC(=O)O)C(=O)O)CC1. The highest BCUT2D eigenvalue weighted by Crippen LogP contribution is 2.25. The molecule has 4 N–H and O–H groups in total. The molecule has 8 heteroatoms. The number of amides is 1. The molecule has 0 aromatic carbocycles. The maximum absolute atomic E-state index is 12.0. The van der Waals surface area contributed by atoms with Gasteiger partial charge in [-0.3, -0.25) is 9.59 Å². The Bertz CT molecular complexity index is 466. The molecule has 24 heavy (non-hydrogen) atoms. The van der Waals surface area contributed by atoms with Gasteiger partial charge in [-0.25, -0.2) is 4.79 Å². The third-order valence-corrected chi connectivity index (χ3v) is 4.10. The number of rotatable bonds is 6. The number of carboxylic acid groups (broad SMARTS) is 2. The van der Waals surface area contributed by atoms with Gasteiger partial charge in [-0.1, -0.05) is 0 Å². The summed E-state index contributed by atoms with van der Waals surface area (Å²) in [5.41, 5.74) is 5.39. The smallest absolute Gasteiger partial charge is 0.410 e. The van der Waals surface area contributed by atoms with E-state index >= 15 is 0 Å². The Balaban J connectivity index is 2.48. The summed E-state index contributed by atoms with van der Waals surface area (Å²) in [5.74, 6) is -3.27. The number of likely N-dealkylation sites (tertiary alicyclic amines) is 1. The molecule has 1 heterocycles. The largest absolute Gasteiger partial charge is 0.481 e. The summed E-state index contributed by atoms with van der Waals surface area (Å²) in [7, 11) is 0. The first kappa shape index (κ1) is 20.2. The third-order valence-electron chi connectivity index (χ3n) is 4.10. The molecule has 0 spiro atoms. The van der Waals surface area contributed by atoms with Crippen molar-refractivity contribution >= 4 is 18.0 Å². The Morgan fingerprint density at radius 1 is 1.21 bits per heavy atom. The molecule has 1 rings (SSSR count). The summed E-state index contributed by atoms with van der Waals surface area (Å²) in [6.07, 6.45) is 1.01. The van der Waals surface area contributed by atoms with Crippen LogP contribution >= 0.6 is 0 Å². The fraction of sp³-hybridized carbons (Fsp3) is 0.812. The molecular weight excluding hydrogens is 316 g/mol. The van der Waals surface area contributed by atoms with Crippen LogP contribution < -0.4 is 5.73 Å². The number of nitrogens with two attached hydrogens (primary N) is 1. The van der Waals surface area contributed by atoms with Crippen LogP contribution in [-0.4, -0.2) is 57.9 Å². The Labute approximate surface area is 141 Å². The van der Waals surface area contributed by atoms with Crippen LogP contribution in [0.3, 0.4) is 0 Å². The van der Waals surface area contributed by atoms with E-state index in [9.17, 15) is 14.4 Å². The fourth-order valence-electron chi connectivity index (χ4n) is 2.84. The van der Waals surface area contributed by atoms with E-state index in [0.29, 0.717) is 32.4 Å². The maximum atomic E-state index is 12.0. The van der Waals surface area contributed by atoms with E-state index in [2.05, 4.69) is 0 Å². The third kappa shape index (κ3) is 6.74. The van der Waals surface area contributed by atoms with Crippen molar-refractivity contribution in [1.29, 1.82) is 0 Å². The standard InChI is InChI=1S/C16H28N2O6/c1-16(2,3)24-15(23)18-6-4-10(5-7-18)8-12(17)11(14(21)22)9-13(19)20/h10-12H,4-9,17H2,1-3H3,(H,19,20)(H,21,22). The van der Waals surface area contributed by atoms with Crippen molar-refractivity contribution < 1.29 is 29.3 Å². The van der Waals surface area contributed by atoms with Gasteiger partial charge in [-0.2, -0.15) is 0 Å². The summed E-state index contributed by atoms with van der Waals surface area (Å²) in [5, 5.41) is 17.9. The van der Waals surface area contributed by atoms with E-state index in [1.807, 2.05) is 20.8 Å². The first-order valence-electron chi connectivity index (χ1n) is 8.17. The molecule has 0 saturated carbocycles. The Morgan fingerprint density at radius 2 is 1.75 bits per heavy atom. The van der Waals surface area contributed by atoms with Gasteiger partial charge in [0.2, 0.25) is 0 Å². The zero-order valence-electron chi connectivity index (χ0n) is 14.5. The molecule has 1 amide bonds. The van der Waals surface area contributed by atoms with Crippen LogP contribution in [0.25, 0.3) is 0 Å². The van der Waals surface area contributed by atoms with E-state index in [1.165, 1.54) is 0 Å². The van der Waals surface area contributed by atoms with Crippen molar-refractivity contribution in [3.63, 3.8) is 0 Å². The van der Waals surface area contributed by atoms with Crippen molar-refractivity contribution in [3.05, 3.63) is 0 Å². The topological polar surface area (TPSA) is 130 Å². The Morgan fingerprint density at radius 3 is 2.17 bits per heavy atom. The van der Waals surface area contributed by atoms with E-state index in [4.69, 9.17) is 20.7 Å². The molecule has 0 radical (unpaired) electrons. The van der Waals surface area contributed by atoms with Crippen molar-refractivity contribution in [2.75, 3.05) is 13.1 Å². The fourth-order valence-corrected chi connectivity index (χ4v) is 2.84. The first-order chi connectivity index (χ1) is 11.0. The monoisotopic (exact) mass is 344 g/mol. The molecule has 0 aromatic rings. The Kier molecular flexibility index (Phi) is 7.01. The molecule has 1 aliphatic heterocycles. The van der Waals surface area contributed by atoms with E-state index < -0.39 is 35.9 Å². The van der Waals surface area contributed by atoms with Gasteiger partial charge < -0.3 is 25.6 Å². The molecule has 2 unspecified atom stereocenters. The van der Waals surface area contributed by atoms with Crippen LogP contribution in [0.1, 0.15) is 46.5 Å². The second kappa shape index (κ2) is 8.32. The van der Waals surface area contributed by atoms with Crippen LogP contribution in [0.5, 0.6) is 0 Å². The zero-order valence-corrected chi connectivity index (χ0v) is 14.5. The molecule has 0 aliphatic carbocycles. The number of aliphatic carboxylic acids is 2. The summed E-state index contributed by atoms with van der Waals surface area (Å²) < 4.78 is 5.33. The molecule has 1 saturated heterocycles.